The van der Waals surface area contributed by atoms with E-state index in [0.29, 0.717) is 21.7 Å². The van der Waals surface area contributed by atoms with Crippen LogP contribution in [0.15, 0.2) is 49.3 Å². The van der Waals surface area contributed by atoms with Gasteiger partial charge in [-0.05, 0) is 18.2 Å². The fourth-order valence-corrected chi connectivity index (χ4v) is 2.64. The molecule has 0 fully saturated rings. The van der Waals surface area contributed by atoms with Gasteiger partial charge in [0.25, 0.3) is 0 Å². The average molecular weight is 294 g/mol. The average Bonchev–Trinajstić information content (AvgIpc) is 2.72. The predicted octanol–water partition coefficient (Wildman–Crippen LogP) is 3.13. The first-order chi connectivity index (χ1) is 9.52. The molecule has 0 radical (unpaired) electrons. The minimum atomic E-state index is -0.671. The van der Waals surface area contributed by atoms with Crippen LogP contribution in [0.1, 0.15) is 0 Å². The molecule has 0 atom stereocenters. The van der Waals surface area contributed by atoms with Crippen molar-refractivity contribution in [3.05, 3.63) is 52.5 Å². The van der Waals surface area contributed by atoms with Crippen LogP contribution in [0.2, 0.25) is 0 Å². The van der Waals surface area contributed by atoms with E-state index in [2.05, 4.69) is 4.98 Å². The molecule has 0 aliphatic carbocycles. The lowest BCUT2D eigenvalue weighted by Crippen LogP contribution is -1.93. The van der Waals surface area contributed by atoms with Crippen LogP contribution >= 0.6 is 11.8 Å². The standard InChI is InChI=1S/C13H8F2N2O2S/c14-6-1-2-11(7(15)3-6)20-12-5-9-10(4-8(12)16)19-13(18)17-9/h1-5H,16H2,(H,17,18). The Morgan fingerprint density at radius 1 is 1.15 bits per heavy atom. The number of rotatable bonds is 2. The maximum Gasteiger partial charge on any atom is 0.417 e. The molecule has 20 heavy (non-hydrogen) atoms. The fourth-order valence-electron chi connectivity index (χ4n) is 1.76. The van der Waals surface area contributed by atoms with Crippen LogP contribution in [-0.2, 0) is 0 Å². The van der Waals surface area contributed by atoms with Crippen LogP contribution < -0.4 is 11.5 Å². The molecular formula is C13H8F2N2O2S. The molecular weight excluding hydrogens is 286 g/mol. The molecule has 3 aromatic rings. The topological polar surface area (TPSA) is 72.0 Å². The molecule has 0 saturated heterocycles. The van der Waals surface area contributed by atoms with Gasteiger partial charge in [-0.25, -0.2) is 13.6 Å². The SMILES string of the molecule is Nc1cc2oc(=O)[nH]c2cc1Sc1ccc(F)cc1F. The van der Waals surface area contributed by atoms with Crippen molar-refractivity contribution < 1.29 is 13.2 Å². The van der Waals surface area contributed by atoms with Crippen molar-refractivity contribution in [2.45, 2.75) is 9.79 Å². The number of benzene rings is 2. The fraction of sp³-hybridized carbons (Fsp3) is 0. The number of fused-ring (bicyclic) bond motifs is 1. The molecule has 1 aromatic heterocycles. The normalized spacial score (nSPS) is 11.1. The Morgan fingerprint density at radius 2 is 1.95 bits per heavy atom. The van der Waals surface area contributed by atoms with Gasteiger partial charge in [-0.1, -0.05) is 11.8 Å². The van der Waals surface area contributed by atoms with Gasteiger partial charge >= 0.3 is 5.76 Å². The van der Waals surface area contributed by atoms with Gasteiger partial charge in [0.15, 0.2) is 5.58 Å². The molecule has 3 rings (SSSR count). The summed E-state index contributed by atoms with van der Waals surface area (Å²) in [6.07, 6.45) is 0. The summed E-state index contributed by atoms with van der Waals surface area (Å²) in [5, 5.41) is 0. The largest absolute Gasteiger partial charge is 0.417 e. The molecule has 1 heterocycles. The zero-order valence-electron chi connectivity index (χ0n) is 9.94. The van der Waals surface area contributed by atoms with Crippen LogP contribution in [0.25, 0.3) is 11.1 Å². The molecule has 0 aliphatic heterocycles. The van der Waals surface area contributed by atoms with Crippen molar-refractivity contribution in [2.75, 3.05) is 5.73 Å². The van der Waals surface area contributed by atoms with Crippen LogP contribution in [-0.4, -0.2) is 4.98 Å². The van der Waals surface area contributed by atoms with Crippen molar-refractivity contribution in [3.8, 4) is 0 Å². The molecule has 102 valence electrons. The third-order valence-electron chi connectivity index (χ3n) is 2.67. The first kappa shape index (κ1) is 12.7. The molecule has 4 nitrogen and oxygen atoms in total. The number of nitrogens with two attached hydrogens (primary N) is 1. The van der Waals surface area contributed by atoms with E-state index in [1.54, 1.807) is 6.07 Å². The summed E-state index contributed by atoms with van der Waals surface area (Å²) in [5.41, 5.74) is 6.97. The molecule has 2 aromatic carbocycles. The van der Waals surface area contributed by atoms with E-state index < -0.39 is 17.4 Å². The van der Waals surface area contributed by atoms with Gasteiger partial charge in [0.1, 0.15) is 11.6 Å². The molecule has 0 bridgehead atoms. The third kappa shape index (κ3) is 2.27. The Hall–Kier alpha value is -2.28. The molecule has 7 heteroatoms. The highest BCUT2D eigenvalue weighted by atomic mass is 32.2. The monoisotopic (exact) mass is 294 g/mol. The van der Waals surface area contributed by atoms with Crippen molar-refractivity contribution in [3.63, 3.8) is 0 Å². The summed E-state index contributed by atoms with van der Waals surface area (Å²) in [4.78, 5) is 14.4. The maximum atomic E-state index is 13.6. The molecule has 0 amide bonds. The van der Waals surface area contributed by atoms with Crippen molar-refractivity contribution in [1.29, 1.82) is 0 Å². The summed E-state index contributed by atoms with van der Waals surface area (Å²) in [6.45, 7) is 0. The minimum Gasteiger partial charge on any atom is -0.408 e. The lowest BCUT2D eigenvalue weighted by atomic mass is 10.3. The number of hydrogen-bond donors (Lipinski definition) is 2. The molecule has 0 aliphatic rings. The number of nitrogen functional groups attached to an aromatic ring is 1. The zero-order valence-corrected chi connectivity index (χ0v) is 10.8. The minimum absolute atomic E-state index is 0.239. The number of aromatic nitrogens is 1. The Balaban J connectivity index is 2.05. The summed E-state index contributed by atoms with van der Waals surface area (Å²) in [6, 6.07) is 6.37. The van der Waals surface area contributed by atoms with Gasteiger partial charge < -0.3 is 10.2 Å². The quantitative estimate of drug-likeness (QED) is 0.712. The first-order valence-corrected chi connectivity index (χ1v) is 6.40. The van der Waals surface area contributed by atoms with Crippen LogP contribution in [0, 0.1) is 11.6 Å². The van der Waals surface area contributed by atoms with Crippen LogP contribution in [0.4, 0.5) is 14.5 Å². The van der Waals surface area contributed by atoms with E-state index in [1.807, 2.05) is 0 Å². The van der Waals surface area contributed by atoms with Crippen molar-refractivity contribution in [1.82, 2.24) is 4.98 Å². The molecule has 3 N–H and O–H groups in total. The maximum absolute atomic E-state index is 13.6. The van der Waals surface area contributed by atoms with E-state index in [-0.39, 0.29) is 4.90 Å². The lowest BCUT2D eigenvalue weighted by Gasteiger charge is -2.06. The second-order valence-electron chi connectivity index (χ2n) is 4.08. The molecule has 0 saturated carbocycles. The number of hydrogen-bond acceptors (Lipinski definition) is 4. The highest BCUT2D eigenvalue weighted by Gasteiger charge is 2.11. The smallest absolute Gasteiger partial charge is 0.408 e. The predicted molar refractivity (Wildman–Crippen MR) is 71.7 cm³/mol. The van der Waals surface area contributed by atoms with Crippen LogP contribution in [0.3, 0.4) is 0 Å². The third-order valence-corrected chi connectivity index (χ3v) is 3.79. The summed E-state index contributed by atoms with van der Waals surface area (Å²) in [5.74, 6) is -1.90. The summed E-state index contributed by atoms with van der Waals surface area (Å²) >= 11 is 1.04. The number of nitrogens with one attached hydrogen (secondary N) is 1. The summed E-state index contributed by atoms with van der Waals surface area (Å²) < 4.78 is 31.3. The highest BCUT2D eigenvalue weighted by molar-refractivity contribution is 7.99. The molecule has 0 unspecified atom stereocenters. The second kappa shape index (κ2) is 4.68. The highest BCUT2D eigenvalue weighted by Crippen LogP contribution is 2.35. The Labute approximate surface area is 115 Å². The number of aromatic amines is 1. The summed E-state index contributed by atoms with van der Waals surface area (Å²) in [7, 11) is 0. The first-order valence-electron chi connectivity index (χ1n) is 5.58. The zero-order chi connectivity index (χ0) is 14.3. The Kier molecular flexibility index (Phi) is 2.98. The van der Waals surface area contributed by atoms with Gasteiger partial charge in [0.2, 0.25) is 0 Å². The Bertz CT molecular complexity index is 857. The van der Waals surface area contributed by atoms with E-state index in [0.717, 1.165) is 17.8 Å². The van der Waals surface area contributed by atoms with Crippen molar-refractivity contribution >= 4 is 28.5 Å². The van der Waals surface area contributed by atoms with Crippen molar-refractivity contribution in [2.24, 2.45) is 0 Å². The molecule has 0 spiro atoms. The van der Waals surface area contributed by atoms with Gasteiger partial charge in [0.05, 0.1) is 5.52 Å². The number of halogens is 2. The lowest BCUT2D eigenvalue weighted by molar-refractivity contribution is 0.555. The van der Waals surface area contributed by atoms with E-state index in [1.165, 1.54) is 18.2 Å². The van der Waals surface area contributed by atoms with Crippen LogP contribution in [0.5, 0.6) is 0 Å². The Morgan fingerprint density at radius 3 is 2.70 bits per heavy atom. The van der Waals surface area contributed by atoms with Gasteiger partial charge in [-0.3, -0.25) is 4.98 Å². The second-order valence-corrected chi connectivity index (χ2v) is 5.16. The number of oxazole rings is 1. The van der Waals surface area contributed by atoms with E-state index >= 15 is 0 Å². The number of H-pyrrole nitrogens is 1. The van der Waals surface area contributed by atoms with E-state index in [4.69, 9.17) is 10.2 Å². The number of anilines is 1. The van der Waals surface area contributed by atoms with E-state index in [9.17, 15) is 13.6 Å². The van der Waals surface area contributed by atoms with Gasteiger partial charge in [-0.15, -0.1) is 0 Å². The van der Waals surface area contributed by atoms with Gasteiger partial charge in [-0.2, -0.15) is 0 Å². The van der Waals surface area contributed by atoms with Gasteiger partial charge in [0, 0.05) is 27.6 Å².